The first-order chi connectivity index (χ1) is 16.1. The average Bonchev–Trinajstić information content (AvgIpc) is 3.47. The Bertz CT molecular complexity index is 1090. The van der Waals surface area contributed by atoms with E-state index in [0.717, 1.165) is 30.7 Å². The summed E-state index contributed by atoms with van der Waals surface area (Å²) in [4.78, 5) is 15.0. The van der Waals surface area contributed by atoms with Crippen LogP contribution >= 0.6 is 0 Å². The molecule has 1 aromatic heterocycles. The number of ether oxygens (including phenoxy) is 2. The van der Waals surface area contributed by atoms with Gasteiger partial charge in [-0.15, -0.1) is 0 Å². The predicted molar refractivity (Wildman–Crippen MR) is 125 cm³/mol. The minimum absolute atomic E-state index is 0.227. The fourth-order valence-corrected chi connectivity index (χ4v) is 4.18. The molecule has 2 aromatic carbocycles. The molecule has 1 amide bonds. The van der Waals surface area contributed by atoms with Gasteiger partial charge in [0, 0.05) is 25.2 Å². The summed E-state index contributed by atoms with van der Waals surface area (Å²) in [7, 11) is 0. The zero-order chi connectivity index (χ0) is 23.2. The highest BCUT2D eigenvalue weighted by atomic mass is 16.7. The molecule has 7 heteroatoms. The number of nitrogens with zero attached hydrogens (tertiary/aromatic N) is 2. The van der Waals surface area contributed by atoms with Crippen molar-refractivity contribution in [3.8, 4) is 11.5 Å². The van der Waals surface area contributed by atoms with Gasteiger partial charge in [0.25, 0.3) is 5.91 Å². The first-order valence-electron chi connectivity index (χ1n) is 11.5. The van der Waals surface area contributed by atoms with Crippen LogP contribution in [0, 0.1) is 6.92 Å². The summed E-state index contributed by atoms with van der Waals surface area (Å²) in [5.74, 6) is 1.83. The summed E-state index contributed by atoms with van der Waals surface area (Å²) < 4.78 is 16.3. The lowest BCUT2D eigenvalue weighted by Crippen LogP contribution is -2.33. The van der Waals surface area contributed by atoms with Crippen LogP contribution in [0.15, 0.2) is 53.1 Å². The minimum atomic E-state index is -0.268. The Morgan fingerprint density at radius 1 is 1.03 bits per heavy atom. The molecular weight excluding hydrogens is 418 g/mol. The van der Waals surface area contributed by atoms with Crippen molar-refractivity contribution in [3.63, 3.8) is 0 Å². The van der Waals surface area contributed by atoms with E-state index < -0.39 is 0 Å². The smallest absolute Gasteiger partial charge is 0.273 e. The summed E-state index contributed by atoms with van der Waals surface area (Å²) in [6, 6.07) is 16.3. The minimum Gasteiger partial charge on any atom is -0.454 e. The number of carbonyl (C=O) groups excluding carboxylic acids is 1. The molecule has 0 spiro atoms. The summed E-state index contributed by atoms with van der Waals surface area (Å²) in [6.07, 6.45) is 2.08. The molecule has 1 aliphatic rings. The second-order valence-electron chi connectivity index (χ2n) is 8.41. The Labute approximate surface area is 194 Å². The molecule has 4 rings (SSSR count). The summed E-state index contributed by atoms with van der Waals surface area (Å²) in [5, 5.41) is 6.91. The van der Waals surface area contributed by atoms with Crippen LogP contribution in [0.3, 0.4) is 0 Å². The molecule has 0 unspecified atom stereocenters. The van der Waals surface area contributed by atoms with Gasteiger partial charge in [0.05, 0.1) is 6.54 Å². The van der Waals surface area contributed by atoms with Gasteiger partial charge in [-0.25, -0.2) is 0 Å². The van der Waals surface area contributed by atoms with Gasteiger partial charge < -0.3 is 19.3 Å². The van der Waals surface area contributed by atoms with E-state index in [0.29, 0.717) is 30.6 Å². The number of aromatic nitrogens is 1. The molecule has 0 fully saturated rings. The van der Waals surface area contributed by atoms with Gasteiger partial charge in [0.2, 0.25) is 6.79 Å². The second kappa shape index (κ2) is 10.5. The molecule has 0 bridgehead atoms. The molecule has 0 atom stereocenters. The maximum atomic E-state index is 12.6. The summed E-state index contributed by atoms with van der Waals surface area (Å²) >= 11 is 0. The Morgan fingerprint density at radius 2 is 1.85 bits per heavy atom. The van der Waals surface area contributed by atoms with E-state index in [2.05, 4.69) is 60.4 Å². The number of nitrogens with one attached hydrogen (secondary N) is 1. The maximum absolute atomic E-state index is 12.6. The molecule has 2 heterocycles. The van der Waals surface area contributed by atoms with Crippen molar-refractivity contribution in [3.05, 3.63) is 76.7 Å². The first-order valence-corrected chi connectivity index (χ1v) is 11.5. The molecular formula is C26H31N3O4. The van der Waals surface area contributed by atoms with E-state index in [4.69, 9.17) is 14.0 Å². The van der Waals surface area contributed by atoms with Gasteiger partial charge in [-0.1, -0.05) is 54.9 Å². The molecule has 0 aliphatic carbocycles. The molecule has 3 aromatic rings. The van der Waals surface area contributed by atoms with Crippen molar-refractivity contribution in [2.24, 2.45) is 0 Å². The van der Waals surface area contributed by atoms with Crippen molar-refractivity contribution in [1.82, 2.24) is 15.4 Å². The molecule has 0 saturated heterocycles. The molecule has 33 heavy (non-hydrogen) atoms. The largest absolute Gasteiger partial charge is 0.454 e. The molecule has 0 saturated carbocycles. The third-order valence-electron chi connectivity index (χ3n) is 5.97. The molecule has 1 N–H and O–H groups in total. The highest BCUT2D eigenvalue weighted by molar-refractivity contribution is 5.92. The second-order valence-corrected chi connectivity index (χ2v) is 8.41. The molecule has 7 nitrogen and oxygen atoms in total. The fraction of sp³-hybridized carbons (Fsp3) is 0.385. The van der Waals surface area contributed by atoms with Gasteiger partial charge in [-0.2, -0.15) is 0 Å². The van der Waals surface area contributed by atoms with Crippen LogP contribution in [-0.2, 0) is 19.6 Å². The Balaban J connectivity index is 1.39. The fourth-order valence-electron chi connectivity index (χ4n) is 4.18. The third kappa shape index (κ3) is 5.73. The Kier molecular flexibility index (Phi) is 7.29. The van der Waals surface area contributed by atoms with E-state index >= 15 is 0 Å². The zero-order valence-corrected chi connectivity index (χ0v) is 19.5. The quantitative estimate of drug-likeness (QED) is 0.478. The summed E-state index contributed by atoms with van der Waals surface area (Å²) in [6.45, 7) is 8.52. The number of amides is 1. The van der Waals surface area contributed by atoms with Crippen LogP contribution in [0.4, 0.5) is 0 Å². The molecule has 174 valence electrons. The molecule has 1 aliphatic heterocycles. The highest BCUT2D eigenvalue weighted by Gasteiger charge is 2.20. The van der Waals surface area contributed by atoms with E-state index in [1.807, 2.05) is 18.2 Å². The van der Waals surface area contributed by atoms with Crippen molar-refractivity contribution in [2.45, 2.75) is 59.3 Å². The number of hydrogen-bond acceptors (Lipinski definition) is 6. The number of hydrogen-bond donors (Lipinski definition) is 1. The lowest BCUT2D eigenvalue weighted by atomic mass is 10.1. The highest BCUT2D eigenvalue weighted by Crippen LogP contribution is 2.32. The van der Waals surface area contributed by atoms with Gasteiger partial charge in [0.1, 0.15) is 0 Å². The van der Waals surface area contributed by atoms with E-state index in [-0.39, 0.29) is 18.4 Å². The van der Waals surface area contributed by atoms with E-state index in [1.165, 1.54) is 11.1 Å². The van der Waals surface area contributed by atoms with Gasteiger partial charge >= 0.3 is 0 Å². The van der Waals surface area contributed by atoms with Crippen LogP contribution in [0.5, 0.6) is 11.5 Å². The Hall–Kier alpha value is -3.32. The predicted octanol–water partition coefficient (Wildman–Crippen LogP) is 4.83. The van der Waals surface area contributed by atoms with Gasteiger partial charge in [-0.3, -0.25) is 9.69 Å². The van der Waals surface area contributed by atoms with Crippen LogP contribution < -0.4 is 14.8 Å². The molecule has 0 radical (unpaired) electrons. The number of benzene rings is 2. The van der Waals surface area contributed by atoms with Crippen LogP contribution in [-0.4, -0.2) is 28.8 Å². The first kappa shape index (κ1) is 22.9. The Morgan fingerprint density at radius 3 is 2.64 bits per heavy atom. The third-order valence-corrected chi connectivity index (χ3v) is 5.97. The van der Waals surface area contributed by atoms with Gasteiger partial charge in [-0.05, 0) is 43.0 Å². The normalized spacial score (nSPS) is 12.5. The van der Waals surface area contributed by atoms with Crippen molar-refractivity contribution in [1.29, 1.82) is 0 Å². The number of aryl methyl sites for hydroxylation is 1. The lowest BCUT2D eigenvalue weighted by molar-refractivity contribution is 0.0941. The van der Waals surface area contributed by atoms with E-state index in [9.17, 15) is 4.79 Å². The topological polar surface area (TPSA) is 76.8 Å². The van der Waals surface area contributed by atoms with Crippen molar-refractivity contribution >= 4 is 5.91 Å². The lowest BCUT2D eigenvalue weighted by Gasteiger charge is -2.29. The van der Waals surface area contributed by atoms with Crippen molar-refractivity contribution in [2.75, 3.05) is 6.79 Å². The number of fused-ring (bicyclic) bond motifs is 1. The summed E-state index contributed by atoms with van der Waals surface area (Å²) in [5.41, 5.74) is 3.72. The van der Waals surface area contributed by atoms with Crippen LogP contribution in [0.1, 0.15) is 59.6 Å². The maximum Gasteiger partial charge on any atom is 0.273 e. The number of carbonyl (C=O) groups is 1. The van der Waals surface area contributed by atoms with Crippen molar-refractivity contribution < 1.29 is 18.8 Å². The number of rotatable bonds is 10. The van der Waals surface area contributed by atoms with Gasteiger partial charge in [0.15, 0.2) is 23.0 Å². The SMILES string of the molecule is CCC(CC)N(Cc1cccc(C)c1)Cc1cc(C(=O)NCc2ccc3c(c2)OCO3)no1. The van der Waals surface area contributed by atoms with Crippen LogP contribution in [0.25, 0.3) is 0 Å². The average molecular weight is 450 g/mol. The standard InChI is InChI=1S/C26H31N3O4/c1-4-21(5-2)29(15-20-8-6-7-18(3)11-20)16-22-13-23(28-33-22)26(30)27-14-19-9-10-24-25(12-19)32-17-31-24/h6-13,21H,4-5,14-17H2,1-3H3,(H,27,30). The van der Waals surface area contributed by atoms with Crippen LogP contribution in [0.2, 0.25) is 0 Å². The zero-order valence-electron chi connectivity index (χ0n) is 19.5. The van der Waals surface area contributed by atoms with E-state index in [1.54, 1.807) is 6.07 Å². The monoisotopic (exact) mass is 449 g/mol.